The third-order valence-corrected chi connectivity index (χ3v) is 4.62. The molecule has 5 nitrogen and oxygen atoms in total. The molecule has 0 atom stereocenters. The molecule has 152 valence electrons. The van der Waals surface area contributed by atoms with Gasteiger partial charge < -0.3 is 9.72 Å². The number of hydrogen-bond acceptors (Lipinski definition) is 4. The zero-order valence-electron chi connectivity index (χ0n) is 15.2. The molecule has 3 aromatic heterocycles. The van der Waals surface area contributed by atoms with Crippen LogP contribution in [-0.4, -0.2) is 15.0 Å². The minimum absolute atomic E-state index is 0.0407. The SMILES string of the molecule is O=c1[nH]c2cccnc2c(OCc2ccc(Cl)nc2)c1-c1ccccc1C(F)(F)F. The summed E-state index contributed by atoms with van der Waals surface area (Å²) in [7, 11) is 0. The van der Waals surface area contributed by atoms with E-state index in [-0.39, 0.29) is 29.0 Å². The third kappa shape index (κ3) is 3.86. The Kier molecular flexibility index (Phi) is 5.17. The number of aromatic amines is 1. The van der Waals surface area contributed by atoms with Gasteiger partial charge in [0.2, 0.25) is 0 Å². The molecule has 9 heteroatoms. The van der Waals surface area contributed by atoms with Crippen molar-refractivity contribution in [3.05, 3.63) is 87.6 Å². The van der Waals surface area contributed by atoms with Gasteiger partial charge in [0.05, 0.1) is 16.6 Å². The summed E-state index contributed by atoms with van der Waals surface area (Å²) >= 11 is 5.78. The van der Waals surface area contributed by atoms with Gasteiger partial charge in [-0.05, 0) is 24.3 Å². The zero-order chi connectivity index (χ0) is 21.3. The van der Waals surface area contributed by atoms with Crippen LogP contribution in [0.3, 0.4) is 0 Å². The molecule has 0 radical (unpaired) electrons. The number of alkyl halides is 3. The molecule has 0 bridgehead atoms. The van der Waals surface area contributed by atoms with Gasteiger partial charge >= 0.3 is 6.18 Å². The molecule has 4 rings (SSSR count). The van der Waals surface area contributed by atoms with Crippen molar-refractivity contribution in [2.24, 2.45) is 0 Å². The molecular weight excluding hydrogens is 419 g/mol. The maximum Gasteiger partial charge on any atom is 0.417 e. The van der Waals surface area contributed by atoms with Crippen LogP contribution in [0.15, 0.2) is 65.7 Å². The molecule has 1 N–H and O–H groups in total. The van der Waals surface area contributed by atoms with Crippen molar-refractivity contribution in [3.63, 3.8) is 0 Å². The second kappa shape index (κ2) is 7.79. The molecule has 3 heterocycles. The first kappa shape index (κ1) is 19.9. The Balaban J connectivity index is 1.92. The number of pyridine rings is 3. The van der Waals surface area contributed by atoms with E-state index < -0.39 is 17.3 Å². The Labute approximate surface area is 173 Å². The molecule has 0 aliphatic heterocycles. The number of ether oxygens (including phenoxy) is 1. The van der Waals surface area contributed by atoms with Crippen molar-refractivity contribution >= 4 is 22.6 Å². The van der Waals surface area contributed by atoms with Crippen LogP contribution in [-0.2, 0) is 12.8 Å². The van der Waals surface area contributed by atoms with Crippen LogP contribution in [0, 0.1) is 0 Å². The number of H-pyrrole nitrogens is 1. The molecule has 30 heavy (non-hydrogen) atoms. The highest BCUT2D eigenvalue weighted by Gasteiger charge is 2.35. The van der Waals surface area contributed by atoms with E-state index in [1.807, 2.05) is 0 Å². The van der Waals surface area contributed by atoms with Gasteiger partial charge in [0.1, 0.15) is 17.3 Å². The topological polar surface area (TPSA) is 67.9 Å². The summed E-state index contributed by atoms with van der Waals surface area (Å²) in [6.45, 7) is -0.0412. The Morgan fingerprint density at radius 2 is 1.83 bits per heavy atom. The van der Waals surface area contributed by atoms with E-state index in [2.05, 4.69) is 15.0 Å². The molecule has 0 fully saturated rings. The molecule has 0 saturated carbocycles. The van der Waals surface area contributed by atoms with Crippen LogP contribution < -0.4 is 10.3 Å². The molecule has 0 aliphatic rings. The molecule has 4 aromatic rings. The molecule has 0 aliphatic carbocycles. The Morgan fingerprint density at radius 1 is 1.03 bits per heavy atom. The predicted octanol–water partition coefficient (Wildman–Crippen LogP) is 5.24. The largest absolute Gasteiger partial charge is 0.486 e. The van der Waals surface area contributed by atoms with Crippen LogP contribution in [0.5, 0.6) is 5.75 Å². The standard InChI is InChI=1S/C21H13ClF3N3O2/c22-16-8-7-12(10-27-16)11-30-19-17(13-4-1-2-5-14(13)21(23,24)25)20(29)28-15-6-3-9-26-18(15)19/h1-10H,11H2,(H,28,29). The van der Waals surface area contributed by atoms with Gasteiger partial charge in [-0.2, -0.15) is 13.2 Å². The lowest BCUT2D eigenvalue weighted by Gasteiger charge is -2.17. The normalized spacial score (nSPS) is 11.6. The number of rotatable bonds is 4. The highest BCUT2D eigenvalue weighted by atomic mass is 35.5. The smallest absolute Gasteiger partial charge is 0.417 e. The van der Waals surface area contributed by atoms with Crippen LogP contribution in [0.1, 0.15) is 11.1 Å². The second-order valence-electron chi connectivity index (χ2n) is 6.38. The highest BCUT2D eigenvalue weighted by molar-refractivity contribution is 6.29. The lowest BCUT2D eigenvalue weighted by Crippen LogP contribution is -2.16. The van der Waals surface area contributed by atoms with E-state index in [9.17, 15) is 18.0 Å². The van der Waals surface area contributed by atoms with Gasteiger partial charge in [-0.15, -0.1) is 0 Å². The molecule has 0 unspecified atom stereocenters. The summed E-state index contributed by atoms with van der Waals surface area (Å²) < 4.78 is 46.7. The summed E-state index contributed by atoms with van der Waals surface area (Å²) in [4.78, 5) is 23.6. The van der Waals surface area contributed by atoms with E-state index in [1.165, 1.54) is 30.6 Å². The number of halogens is 4. The van der Waals surface area contributed by atoms with Gasteiger partial charge in [0.15, 0.2) is 5.75 Å². The average molecular weight is 432 g/mol. The summed E-state index contributed by atoms with van der Waals surface area (Å²) in [5, 5.41) is 0.293. The van der Waals surface area contributed by atoms with E-state index in [0.717, 1.165) is 6.07 Å². The summed E-state index contributed by atoms with van der Waals surface area (Å²) in [6.07, 6.45) is -1.70. The number of aromatic nitrogens is 3. The number of hydrogen-bond donors (Lipinski definition) is 1. The lowest BCUT2D eigenvalue weighted by molar-refractivity contribution is -0.137. The van der Waals surface area contributed by atoms with Crippen LogP contribution in [0.25, 0.3) is 22.2 Å². The number of fused-ring (bicyclic) bond motifs is 1. The van der Waals surface area contributed by atoms with Crippen LogP contribution in [0.4, 0.5) is 13.2 Å². The molecular formula is C21H13ClF3N3O2. The maximum absolute atomic E-state index is 13.6. The van der Waals surface area contributed by atoms with Crippen molar-refractivity contribution in [1.29, 1.82) is 0 Å². The fourth-order valence-corrected chi connectivity index (χ4v) is 3.19. The minimum atomic E-state index is -4.65. The van der Waals surface area contributed by atoms with Gasteiger partial charge in [-0.1, -0.05) is 35.9 Å². The summed E-state index contributed by atoms with van der Waals surface area (Å²) in [5.41, 5.74) is -0.968. The van der Waals surface area contributed by atoms with Gasteiger partial charge in [-0.3, -0.25) is 9.78 Å². The van der Waals surface area contributed by atoms with Crippen molar-refractivity contribution in [3.8, 4) is 16.9 Å². The van der Waals surface area contributed by atoms with Gasteiger partial charge in [-0.25, -0.2) is 4.98 Å². The first-order valence-electron chi connectivity index (χ1n) is 8.75. The first-order valence-corrected chi connectivity index (χ1v) is 9.13. The molecule has 1 aromatic carbocycles. The van der Waals surface area contributed by atoms with Gasteiger partial charge in [0, 0.05) is 23.5 Å². The Bertz CT molecular complexity index is 1270. The zero-order valence-corrected chi connectivity index (χ0v) is 16.0. The van der Waals surface area contributed by atoms with Gasteiger partial charge in [0.25, 0.3) is 5.56 Å². The van der Waals surface area contributed by atoms with Crippen LogP contribution in [0.2, 0.25) is 5.15 Å². The maximum atomic E-state index is 13.6. The third-order valence-electron chi connectivity index (χ3n) is 4.40. The van der Waals surface area contributed by atoms with Crippen molar-refractivity contribution < 1.29 is 17.9 Å². The average Bonchev–Trinajstić information content (AvgIpc) is 2.72. The Hall–Kier alpha value is -3.39. The predicted molar refractivity (Wildman–Crippen MR) is 106 cm³/mol. The van der Waals surface area contributed by atoms with E-state index in [0.29, 0.717) is 16.2 Å². The lowest BCUT2D eigenvalue weighted by atomic mass is 9.99. The molecule has 0 amide bonds. The van der Waals surface area contributed by atoms with Crippen molar-refractivity contribution in [1.82, 2.24) is 15.0 Å². The number of nitrogens with one attached hydrogen (secondary N) is 1. The fraction of sp³-hybridized carbons (Fsp3) is 0.0952. The van der Waals surface area contributed by atoms with Crippen LogP contribution >= 0.6 is 11.6 Å². The van der Waals surface area contributed by atoms with Crippen molar-refractivity contribution in [2.45, 2.75) is 12.8 Å². The molecule has 0 spiro atoms. The van der Waals surface area contributed by atoms with E-state index in [4.69, 9.17) is 16.3 Å². The Morgan fingerprint density at radius 3 is 2.57 bits per heavy atom. The number of nitrogens with zero attached hydrogens (tertiary/aromatic N) is 2. The summed E-state index contributed by atoms with van der Waals surface area (Å²) in [5.74, 6) is -0.0407. The monoisotopic (exact) mass is 431 g/mol. The van der Waals surface area contributed by atoms with E-state index in [1.54, 1.807) is 24.3 Å². The quantitative estimate of drug-likeness (QED) is 0.449. The first-order chi connectivity index (χ1) is 14.3. The highest BCUT2D eigenvalue weighted by Crippen LogP contribution is 2.40. The van der Waals surface area contributed by atoms with E-state index >= 15 is 0 Å². The molecule has 0 saturated heterocycles. The summed E-state index contributed by atoms with van der Waals surface area (Å²) in [6, 6.07) is 11.3. The second-order valence-corrected chi connectivity index (χ2v) is 6.77. The fourth-order valence-electron chi connectivity index (χ4n) is 3.07. The van der Waals surface area contributed by atoms with Crippen molar-refractivity contribution in [2.75, 3.05) is 0 Å². The minimum Gasteiger partial charge on any atom is -0.486 e. The number of benzene rings is 1.